The molecule has 0 aliphatic carbocycles. The number of aryl methyl sites for hydroxylation is 2. The molecule has 0 atom stereocenters. The molecule has 1 aromatic heterocycles. The summed E-state index contributed by atoms with van der Waals surface area (Å²) in [4.78, 5) is 20.4. The summed E-state index contributed by atoms with van der Waals surface area (Å²) in [5.41, 5.74) is 3.63. The number of thioether (sulfide) groups is 1. The van der Waals surface area contributed by atoms with Crippen molar-refractivity contribution < 1.29 is 4.79 Å². The van der Waals surface area contributed by atoms with Gasteiger partial charge in [0.05, 0.1) is 11.2 Å². The van der Waals surface area contributed by atoms with Gasteiger partial charge in [-0.3, -0.25) is 4.79 Å². The maximum absolute atomic E-state index is 12.2. The molecule has 0 aliphatic heterocycles. The molecule has 1 aromatic carbocycles. The van der Waals surface area contributed by atoms with Crippen LogP contribution in [0.25, 0.3) is 0 Å². The van der Waals surface area contributed by atoms with E-state index in [1.165, 1.54) is 23.5 Å². The van der Waals surface area contributed by atoms with Gasteiger partial charge in [-0.25, -0.2) is 9.97 Å². The molecular weight excluding hydrogens is 306 g/mol. The molecule has 0 radical (unpaired) electrons. The van der Waals surface area contributed by atoms with Gasteiger partial charge >= 0.3 is 0 Å². The van der Waals surface area contributed by atoms with Crippen molar-refractivity contribution >= 4 is 29.3 Å². The third kappa shape index (κ3) is 3.95. The van der Waals surface area contributed by atoms with Crippen molar-refractivity contribution in [2.24, 2.45) is 0 Å². The van der Waals surface area contributed by atoms with Crippen LogP contribution in [0.3, 0.4) is 0 Å². The third-order valence-corrected chi connectivity index (χ3v) is 3.90. The fraction of sp³-hybridized carbons (Fsp3) is 0.267. The summed E-state index contributed by atoms with van der Waals surface area (Å²) in [5.74, 6) is -0.294. The predicted molar refractivity (Wildman–Crippen MR) is 85.9 cm³/mol. The number of amides is 1. The molecule has 0 fully saturated rings. The van der Waals surface area contributed by atoms with Crippen LogP contribution in [-0.4, -0.2) is 22.1 Å². The highest BCUT2D eigenvalue weighted by molar-refractivity contribution is 7.98. The van der Waals surface area contributed by atoms with Gasteiger partial charge in [-0.2, -0.15) is 0 Å². The summed E-state index contributed by atoms with van der Waals surface area (Å²) in [6.07, 6.45) is 3.30. The summed E-state index contributed by atoms with van der Waals surface area (Å²) in [6, 6.07) is 6.13. The number of rotatable bonds is 4. The van der Waals surface area contributed by atoms with E-state index in [0.717, 1.165) is 11.1 Å². The van der Waals surface area contributed by atoms with Crippen LogP contribution in [0.4, 0.5) is 0 Å². The van der Waals surface area contributed by atoms with E-state index in [1.807, 2.05) is 32.2 Å². The first-order chi connectivity index (χ1) is 10.0. The Labute approximate surface area is 133 Å². The number of carbonyl (C=O) groups is 1. The van der Waals surface area contributed by atoms with Gasteiger partial charge in [0, 0.05) is 6.54 Å². The largest absolute Gasteiger partial charge is 0.347 e. The van der Waals surface area contributed by atoms with Gasteiger partial charge in [0.1, 0.15) is 0 Å². The van der Waals surface area contributed by atoms with Crippen LogP contribution >= 0.6 is 23.4 Å². The number of hydrogen-bond acceptors (Lipinski definition) is 4. The first-order valence-corrected chi connectivity index (χ1v) is 8.02. The third-order valence-electron chi connectivity index (χ3n) is 3.06. The number of nitrogens with one attached hydrogen (secondary N) is 1. The zero-order valence-electron chi connectivity index (χ0n) is 12.1. The van der Waals surface area contributed by atoms with Crippen LogP contribution in [0, 0.1) is 13.8 Å². The molecule has 0 unspecified atom stereocenters. The summed E-state index contributed by atoms with van der Waals surface area (Å²) in [7, 11) is 0. The maximum Gasteiger partial charge on any atom is 0.271 e. The summed E-state index contributed by atoms with van der Waals surface area (Å²) < 4.78 is 0. The number of aromatic nitrogens is 2. The van der Waals surface area contributed by atoms with Crippen molar-refractivity contribution in [3.63, 3.8) is 0 Å². The Hall–Kier alpha value is -1.59. The summed E-state index contributed by atoms with van der Waals surface area (Å²) in [6.45, 7) is 4.51. The maximum atomic E-state index is 12.2. The molecule has 2 rings (SSSR count). The van der Waals surface area contributed by atoms with Crippen LogP contribution in [0.5, 0.6) is 0 Å². The molecule has 1 heterocycles. The highest BCUT2D eigenvalue weighted by Gasteiger charge is 2.14. The average molecular weight is 322 g/mol. The van der Waals surface area contributed by atoms with Gasteiger partial charge in [0.25, 0.3) is 5.91 Å². The van der Waals surface area contributed by atoms with E-state index in [1.54, 1.807) is 0 Å². The van der Waals surface area contributed by atoms with Crippen LogP contribution in [0.15, 0.2) is 29.6 Å². The Kier molecular flexibility index (Phi) is 5.20. The molecule has 0 saturated carbocycles. The van der Waals surface area contributed by atoms with Crippen LogP contribution in [0.1, 0.15) is 27.2 Å². The SMILES string of the molecule is CSc1ncc(Cl)c(C(=O)NCc2ccc(C)cc2C)n1. The Morgan fingerprint density at radius 2 is 2.14 bits per heavy atom. The number of nitrogens with zero attached hydrogens (tertiary/aromatic N) is 2. The molecule has 2 aromatic rings. The molecule has 21 heavy (non-hydrogen) atoms. The molecule has 110 valence electrons. The van der Waals surface area contributed by atoms with Gasteiger partial charge in [0.15, 0.2) is 10.9 Å². The Morgan fingerprint density at radius 3 is 2.81 bits per heavy atom. The summed E-state index contributed by atoms with van der Waals surface area (Å²) in [5, 5.41) is 3.62. The predicted octanol–water partition coefficient (Wildman–Crippen LogP) is 3.40. The van der Waals surface area contributed by atoms with Gasteiger partial charge in [-0.1, -0.05) is 47.1 Å². The van der Waals surface area contributed by atoms with Gasteiger partial charge < -0.3 is 5.32 Å². The molecule has 0 saturated heterocycles. The van der Waals surface area contributed by atoms with Crippen molar-refractivity contribution in [1.82, 2.24) is 15.3 Å². The molecule has 0 spiro atoms. The quantitative estimate of drug-likeness (QED) is 0.692. The van der Waals surface area contributed by atoms with Gasteiger partial charge in [-0.15, -0.1) is 0 Å². The van der Waals surface area contributed by atoms with Gasteiger partial charge in [0.2, 0.25) is 0 Å². The van der Waals surface area contributed by atoms with E-state index in [-0.39, 0.29) is 16.6 Å². The second-order valence-electron chi connectivity index (χ2n) is 4.67. The second-order valence-corrected chi connectivity index (χ2v) is 5.85. The van der Waals surface area contributed by atoms with E-state index >= 15 is 0 Å². The first-order valence-electron chi connectivity index (χ1n) is 6.42. The molecule has 1 amide bonds. The normalized spacial score (nSPS) is 10.5. The summed E-state index contributed by atoms with van der Waals surface area (Å²) >= 11 is 7.35. The van der Waals surface area contributed by atoms with E-state index in [2.05, 4.69) is 21.4 Å². The first kappa shape index (κ1) is 15.8. The fourth-order valence-electron chi connectivity index (χ4n) is 1.91. The highest BCUT2D eigenvalue weighted by atomic mass is 35.5. The van der Waals surface area contributed by atoms with Crippen molar-refractivity contribution in [3.05, 3.63) is 51.8 Å². The zero-order valence-corrected chi connectivity index (χ0v) is 13.7. The number of halogens is 1. The lowest BCUT2D eigenvalue weighted by atomic mass is 10.1. The molecule has 0 bridgehead atoms. The lowest BCUT2D eigenvalue weighted by Gasteiger charge is -2.09. The van der Waals surface area contributed by atoms with Crippen molar-refractivity contribution in [1.29, 1.82) is 0 Å². The van der Waals surface area contributed by atoms with Crippen molar-refractivity contribution in [2.75, 3.05) is 6.26 Å². The minimum atomic E-state index is -0.294. The van der Waals surface area contributed by atoms with Crippen molar-refractivity contribution in [3.8, 4) is 0 Å². The molecule has 6 heteroatoms. The van der Waals surface area contributed by atoms with E-state index < -0.39 is 0 Å². The Bertz CT molecular complexity index is 676. The topological polar surface area (TPSA) is 54.9 Å². The van der Waals surface area contributed by atoms with E-state index in [0.29, 0.717) is 11.7 Å². The number of hydrogen-bond donors (Lipinski definition) is 1. The van der Waals surface area contributed by atoms with E-state index in [9.17, 15) is 4.79 Å². The Balaban J connectivity index is 2.11. The lowest BCUT2D eigenvalue weighted by Crippen LogP contribution is -2.25. The average Bonchev–Trinajstić information content (AvgIpc) is 2.46. The Morgan fingerprint density at radius 1 is 1.38 bits per heavy atom. The zero-order chi connectivity index (χ0) is 15.4. The van der Waals surface area contributed by atoms with Crippen LogP contribution < -0.4 is 5.32 Å². The second kappa shape index (κ2) is 6.91. The number of carbonyl (C=O) groups excluding carboxylic acids is 1. The van der Waals surface area contributed by atoms with Crippen LogP contribution in [0.2, 0.25) is 5.02 Å². The lowest BCUT2D eigenvalue weighted by molar-refractivity contribution is 0.0945. The standard InChI is InChI=1S/C15H16ClN3OS/c1-9-4-5-11(10(2)6-9)7-17-14(20)13-12(16)8-18-15(19-13)21-3/h4-6,8H,7H2,1-3H3,(H,17,20). The smallest absolute Gasteiger partial charge is 0.271 e. The highest BCUT2D eigenvalue weighted by Crippen LogP contribution is 2.17. The minimum Gasteiger partial charge on any atom is -0.347 e. The van der Waals surface area contributed by atoms with Crippen LogP contribution in [-0.2, 0) is 6.54 Å². The van der Waals surface area contributed by atoms with Gasteiger partial charge in [-0.05, 0) is 31.2 Å². The molecular formula is C15H16ClN3OS. The monoisotopic (exact) mass is 321 g/mol. The molecule has 1 N–H and O–H groups in total. The molecule has 4 nitrogen and oxygen atoms in total. The number of benzene rings is 1. The minimum absolute atomic E-state index is 0.209. The molecule has 0 aliphatic rings. The van der Waals surface area contributed by atoms with E-state index in [4.69, 9.17) is 11.6 Å². The van der Waals surface area contributed by atoms with Crippen molar-refractivity contribution in [2.45, 2.75) is 25.5 Å². The fourth-order valence-corrected chi connectivity index (χ4v) is 2.43.